The van der Waals surface area contributed by atoms with Crippen LogP contribution in [0.3, 0.4) is 0 Å². The zero-order chi connectivity index (χ0) is 23.2. The van der Waals surface area contributed by atoms with Crippen molar-refractivity contribution in [3.63, 3.8) is 0 Å². The molecule has 0 N–H and O–H groups in total. The third kappa shape index (κ3) is 3.61. The highest BCUT2D eigenvalue weighted by molar-refractivity contribution is 6.06. The van der Waals surface area contributed by atoms with Gasteiger partial charge in [0.05, 0.1) is 0 Å². The van der Waals surface area contributed by atoms with Crippen molar-refractivity contribution < 1.29 is 19.1 Å². The van der Waals surface area contributed by atoms with Crippen molar-refractivity contribution >= 4 is 23.9 Å². The fraction of sp³-hybridized carbons (Fsp3) is 0.478. The number of urea groups is 1. The highest BCUT2D eigenvalue weighted by Gasteiger charge is 2.56. The summed E-state index contributed by atoms with van der Waals surface area (Å²) >= 11 is 0. The van der Waals surface area contributed by atoms with Crippen LogP contribution in [0.1, 0.15) is 33.3 Å². The van der Waals surface area contributed by atoms with E-state index in [0.717, 1.165) is 28.4 Å². The van der Waals surface area contributed by atoms with Crippen molar-refractivity contribution in [1.82, 2.24) is 19.6 Å². The van der Waals surface area contributed by atoms with E-state index in [1.165, 1.54) is 4.90 Å². The largest absolute Gasteiger partial charge is 0.459 e. The second-order valence-electron chi connectivity index (χ2n) is 8.80. The molecule has 32 heavy (non-hydrogen) atoms. The number of ether oxygens (including phenoxy) is 1. The number of carbonyl (C=O) groups is 3. The van der Waals surface area contributed by atoms with Crippen molar-refractivity contribution in [1.29, 1.82) is 0 Å². The Morgan fingerprint density at radius 2 is 1.78 bits per heavy atom. The van der Waals surface area contributed by atoms with E-state index in [2.05, 4.69) is 18.7 Å². The number of hydrogen-bond donors (Lipinski definition) is 0. The quantitative estimate of drug-likeness (QED) is 0.632. The summed E-state index contributed by atoms with van der Waals surface area (Å²) in [4.78, 5) is 49.9. The lowest BCUT2D eigenvalue weighted by molar-refractivity contribution is -0.151. The standard InChI is InChI=1S/C23H29N5O4/c1-14(2)11-26-15(3)16(4)28-19-20(24-22(26)28)25(5)23(31)27(21(19)30)12-18(29)32-13-17-9-7-6-8-10-17/h6-10,14,19-20H,11-13H2,1-5H3. The summed E-state index contributed by atoms with van der Waals surface area (Å²) in [5.41, 5.74) is 2.80. The molecule has 1 aromatic rings. The Morgan fingerprint density at radius 3 is 2.44 bits per heavy atom. The third-order valence-electron chi connectivity index (χ3n) is 6.08. The van der Waals surface area contributed by atoms with E-state index >= 15 is 0 Å². The topological polar surface area (TPSA) is 85.8 Å². The van der Waals surface area contributed by atoms with Gasteiger partial charge in [0.2, 0.25) is 5.96 Å². The highest BCUT2D eigenvalue weighted by atomic mass is 16.5. The normalized spacial score (nSPS) is 22.6. The predicted molar refractivity (Wildman–Crippen MR) is 118 cm³/mol. The Labute approximate surface area is 187 Å². The Kier molecular flexibility index (Phi) is 5.66. The van der Waals surface area contributed by atoms with Gasteiger partial charge in [-0.15, -0.1) is 0 Å². The number of nitrogens with zero attached hydrogens (tertiary/aromatic N) is 5. The molecule has 0 spiro atoms. The van der Waals surface area contributed by atoms with Crippen LogP contribution >= 0.6 is 0 Å². The van der Waals surface area contributed by atoms with Crippen LogP contribution in [0, 0.1) is 5.92 Å². The van der Waals surface area contributed by atoms with Crippen LogP contribution in [0.15, 0.2) is 46.7 Å². The van der Waals surface area contributed by atoms with Crippen LogP contribution in [0.4, 0.5) is 4.79 Å². The number of carbonyl (C=O) groups excluding carboxylic acids is 3. The van der Waals surface area contributed by atoms with Gasteiger partial charge >= 0.3 is 12.0 Å². The molecule has 0 radical (unpaired) electrons. The summed E-state index contributed by atoms with van der Waals surface area (Å²) in [6, 6.07) is 8.02. The third-order valence-corrected chi connectivity index (χ3v) is 6.08. The van der Waals surface area contributed by atoms with Crippen molar-refractivity contribution in [2.75, 3.05) is 20.1 Å². The van der Waals surface area contributed by atoms with Gasteiger partial charge in [-0.25, -0.2) is 9.79 Å². The lowest BCUT2D eigenvalue weighted by Gasteiger charge is -2.40. The Hall–Kier alpha value is -3.36. The Balaban J connectivity index is 1.52. The second kappa shape index (κ2) is 8.29. The molecule has 3 amide bonds. The molecule has 1 fully saturated rings. The zero-order valence-electron chi connectivity index (χ0n) is 19.1. The minimum absolute atomic E-state index is 0.0857. The minimum atomic E-state index is -0.693. The summed E-state index contributed by atoms with van der Waals surface area (Å²) in [6.07, 6.45) is -0.626. The minimum Gasteiger partial charge on any atom is -0.459 e. The number of benzene rings is 1. The number of esters is 1. The molecule has 9 nitrogen and oxygen atoms in total. The number of rotatable bonds is 6. The van der Waals surface area contributed by atoms with Gasteiger partial charge in [-0.3, -0.25) is 19.4 Å². The monoisotopic (exact) mass is 439 g/mol. The molecule has 4 rings (SSSR count). The number of aliphatic imine (C=N–C) groups is 1. The van der Waals surface area contributed by atoms with Crippen LogP contribution in [0.2, 0.25) is 0 Å². The van der Waals surface area contributed by atoms with Gasteiger partial charge in [0.1, 0.15) is 13.2 Å². The van der Waals surface area contributed by atoms with Crippen molar-refractivity contribution in [3.8, 4) is 0 Å². The predicted octanol–water partition coefficient (Wildman–Crippen LogP) is 2.21. The van der Waals surface area contributed by atoms with Gasteiger partial charge in [-0.2, -0.15) is 0 Å². The molecule has 3 heterocycles. The first-order valence-electron chi connectivity index (χ1n) is 10.8. The van der Waals surface area contributed by atoms with Crippen molar-refractivity contribution in [2.45, 2.75) is 46.5 Å². The molecule has 0 bridgehead atoms. The highest BCUT2D eigenvalue weighted by Crippen LogP contribution is 2.37. The maximum atomic E-state index is 13.4. The first-order valence-corrected chi connectivity index (χ1v) is 10.8. The van der Waals surface area contributed by atoms with Crippen LogP contribution in [-0.4, -0.2) is 75.8 Å². The molecule has 2 atom stereocenters. The van der Waals surface area contributed by atoms with Gasteiger partial charge in [0, 0.05) is 25.0 Å². The second-order valence-corrected chi connectivity index (χ2v) is 8.80. The van der Waals surface area contributed by atoms with E-state index in [0.29, 0.717) is 11.9 Å². The van der Waals surface area contributed by atoms with E-state index in [-0.39, 0.29) is 6.61 Å². The maximum absolute atomic E-state index is 13.4. The molecule has 0 aromatic heterocycles. The Bertz CT molecular complexity index is 1000. The molecule has 0 saturated carbocycles. The van der Waals surface area contributed by atoms with E-state index in [1.807, 2.05) is 49.1 Å². The molecule has 170 valence electrons. The molecule has 0 aliphatic carbocycles. The van der Waals surface area contributed by atoms with Crippen molar-refractivity contribution in [3.05, 3.63) is 47.3 Å². The molecule has 2 unspecified atom stereocenters. The van der Waals surface area contributed by atoms with Crippen molar-refractivity contribution in [2.24, 2.45) is 10.9 Å². The van der Waals surface area contributed by atoms with E-state index in [9.17, 15) is 14.4 Å². The number of guanidine groups is 1. The van der Waals surface area contributed by atoms with Crippen LogP contribution in [-0.2, 0) is 20.9 Å². The molecule has 3 aliphatic heterocycles. The van der Waals surface area contributed by atoms with E-state index < -0.39 is 36.7 Å². The summed E-state index contributed by atoms with van der Waals surface area (Å²) in [5, 5.41) is 0. The van der Waals surface area contributed by atoms with Gasteiger partial charge in [-0.1, -0.05) is 44.2 Å². The SMILES string of the molecule is CC1=C(C)N2C(=NC3C2C(=O)N(CC(=O)OCc2ccccc2)C(=O)N3C)N1CC(C)C. The van der Waals surface area contributed by atoms with Gasteiger partial charge in [-0.05, 0) is 25.3 Å². The molecular formula is C23H29N5O4. The van der Waals surface area contributed by atoms with E-state index in [1.54, 1.807) is 7.05 Å². The molecule has 1 saturated heterocycles. The lowest BCUT2D eigenvalue weighted by atomic mass is 10.1. The lowest BCUT2D eigenvalue weighted by Crippen LogP contribution is -2.65. The van der Waals surface area contributed by atoms with Gasteiger partial charge in [0.25, 0.3) is 5.91 Å². The van der Waals surface area contributed by atoms with Crippen LogP contribution < -0.4 is 0 Å². The molecular weight excluding hydrogens is 410 g/mol. The van der Waals surface area contributed by atoms with Gasteiger partial charge in [0.15, 0.2) is 12.2 Å². The number of fused-ring (bicyclic) bond motifs is 3. The fourth-order valence-corrected chi connectivity index (χ4v) is 4.32. The average Bonchev–Trinajstić information content (AvgIpc) is 3.26. The Morgan fingerprint density at radius 1 is 1.09 bits per heavy atom. The van der Waals surface area contributed by atoms with Crippen LogP contribution in [0.25, 0.3) is 0 Å². The molecule has 3 aliphatic rings. The summed E-state index contributed by atoms with van der Waals surface area (Å²) < 4.78 is 5.30. The zero-order valence-corrected chi connectivity index (χ0v) is 19.1. The number of hydrogen-bond acceptors (Lipinski definition) is 7. The average molecular weight is 440 g/mol. The maximum Gasteiger partial charge on any atom is 0.328 e. The first kappa shape index (κ1) is 21.9. The van der Waals surface area contributed by atoms with Crippen LogP contribution in [0.5, 0.6) is 0 Å². The number of imide groups is 1. The number of likely N-dealkylation sites (N-methyl/N-ethyl adjacent to an activating group) is 1. The summed E-state index contributed by atoms with van der Waals surface area (Å²) in [5.74, 6) is 0.0130. The fourth-order valence-electron chi connectivity index (χ4n) is 4.32. The number of amides is 3. The van der Waals surface area contributed by atoms with Gasteiger partial charge < -0.3 is 14.5 Å². The molecule has 9 heteroatoms. The smallest absolute Gasteiger partial charge is 0.328 e. The molecule has 1 aromatic carbocycles. The first-order chi connectivity index (χ1) is 15.2. The van der Waals surface area contributed by atoms with E-state index in [4.69, 9.17) is 9.73 Å². The number of allylic oxidation sites excluding steroid dienone is 2. The summed E-state index contributed by atoms with van der Waals surface area (Å²) in [7, 11) is 1.61. The summed E-state index contributed by atoms with van der Waals surface area (Å²) in [6.45, 7) is 8.62.